The summed E-state index contributed by atoms with van der Waals surface area (Å²) in [6.07, 6.45) is 4.88. The Morgan fingerprint density at radius 3 is 2.75 bits per heavy atom. The molecule has 2 N–H and O–H groups in total. The van der Waals surface area contributed by atoms with E-state index in [4.69, 9.17) is 11.6 Å². The Morgan fingerprint density at radius 1 is 1.11 bits per heavy atom. The van der Waals surface area contributed by atoms with Crippen molar-refractivity contribution in [2.75, 3.05) is 17.2 Å². The molecule has 3 aliphatic rings. The zero-order chi connectivity index (χ0) is 24.9. The van der Waals surface area contributed by atoms with Gasteiger partial charge in [0.05, 0.1) is 11.5 Å². The molecule has 1 fully saturated rings. The third kappa shape index (κ3) is 3.84. The standard InChI is InChI=1S/C28H25ClN4O3/c29-20-9-6-17(7-10-20)23-4-1-5-25(35)33(23)16-24(34)31-21-11-8-18-14-28(15-19(18)13-21)22-3-2-12-30-26(22)32-27(28)36/h2-3,6-13,23H,1,4-5,14-16H2,(H,31,34)(H,30,32,36). The van der Waals surface area contributed by atoms with E-state index < -0.39 is 5.41 Å². The second-order valence-corrected chi connectivity index (χ2v) is 10.2. The van der Waals surface area contributed by atoms with Crippen LogP contribution in [0.25, 0.3) is 0 Å². The fourth-order valence-corrected chi connectivity index (χ4v) is 5.98. The maximum atomic E-state index is 13.0. The van der Waals surface area contributed by atoms with Crippen LogP contribution >= 0.6 is 11.6 Å². The van der Waals surface area contributed by atoms with Gasteiger partial charge in [-0.3, -0.25) is 14.4 Å². The molecular weight excluding hydrogens is 476 g/mol. The number of hydrogen-bond acceptors (Lipinski definition) is 4. The van der Waals surface area contributed by atoms with Gasteiger partial charge >= 0.3 is 0 Å². The molecule has 1 aliphatic carbocycles. The Morgan fingerprint density at radius 2 is 1.92 bits per heavy atom. The summed E-state index contributed by atoms with van der Waals surface area (Å²) < 4.78 is 0. The van der Waals surface area contributed by atoms with E-state index in [0.717, 1.165) is 35.1 Å². The third-order valence-corrected chi connectivity index (χ3v) is 7.85. The van der Waals surface area contributed by atoms with Crippen molar-refractivity contribution in [3.05, 3.63) is 88.1 Å². The van der Waals surface area contributed by atoms with E-state index in [9.17, 15) is 14.4 Å². The molecule has 3 aromatic rings. The summed E-state index contributed by atoms with van der Waals surface area (Å²) in [6.45, 7) is -0.0192. The van der Waals surface area contributed by atoms with Gasteiger partial charge < -0.3 is 15.5 Å². The number of benzene rings is 2. The van der Waals surface area contributed by atoms with E-state index in [-0.39, 0.29) is 30.3 Å². The molecule has 1 saturated heterocycles. The number of nitrogens with one attached hydrogen (secondary N) is 2. The number of piperidine rings is 1. The lowest BCUT2D eigenvalue weighted by Crippen LogP contribution is -2.43. The SMILES string of the molecule is O=C(CN1C(=O)CCCC1c1ccc(Cl)cc1)Nc1ccc2c(c1)CC1(C2)C(=O)Nc2ncccc21. The maximum absolute atomic E-state index is 13.0. The van der Waals surface area contributed by atoms with Gasteiger partial charge in [-0.25, -0.2) is 4.98 Å². The molecule has 0 radical (unpaired) electrons. The first-order valence-electron chi connectivity index (χ1n) is 12.2. The largest absolute Gasteiger partial charge is 0.326 e. The molecule has 3 amide bonds. The van der Waals surface area contributed by atoms with E-state index in [1.165, 1.54) is 0 Å². The van der Waals surface area contributed by atoms with E-state index in [1.54, 1.807) is 11.1 Å². The quantitative estimate of drug-likeness (QED) is 0.555. The second-order valence-electron chi connectivity index (χ2n) is 9.80. The topological polar surface area (TPSA) is 91.4 Å². The van der Waals surface area contributed by atoms with E-state index in [0.29, 0.717) is 35.8 Å². The molecule has 182 valence electrons. The first-order chi connectivity index (χ1) is 17.4. The third-order valence-electron chi connectivity index (χ3n) is 7.60. The zero-order valence-electron chi connectivity index (χ0n) is 19.6. The molecule has 3 heterocycles. The predicted molar refractivity (Wildman–Crippen MR) is 137 cm³/mol. The Kier molecular flexibility index (Phi) is 5.52. The number of hydrogen-bond donors (Lipinski definition) is 2. The van der Waals surface area contributed by atoms with Gasteiger partial charge in [-0.2, -0.15) is 0 Å². The molecule has 8 heteroatoms. The minimum absolute atomic E-state index is 0.0192. The first kappa shape index (κ1) is 22.7. The van der Waals surface area contributed by atoms with Gasteiger partial charge in [0.2, 0.25) is 17.7 Å². The fraction of sp³-hybridized carbons (Fsp3) is 0.286. The van der Waals surface area contributed by atoms with Gasteiger partial charge in [-0.05, 0) is 72.7 Å². The lowest BCUT2D eigenvalue weighted by Gasteiger charge is -2.35. The van der Waals surface area contributed by atoms with Crippen molar-refractivity contribution < 1.29 is 14.4 Å². The molecule has 2 aliphatic heterocycles. The molecular formula is C28H25ClN4O3. The summed E-state index contributed by atoms with van der Waals surface area (Å²) in [5.41, 5.74) is 4.04. The van der Waals surface area contributed by atoms with Crippen LogP contribution in [-0.4, -0.2) is 34.2 Å². The van der Waals surface area contributed by atoms with Gasteiger partial charge in [0.25, 0.3) is 0 Å². The number of pyridine rings is 1. The van der Waals surface area contributed by atoms with Crippen molar-refractivity contribution in [2.24, 2.45) is 0 Å². The van der Waals surface area contributed by atoms with Crippen LogP contribution in [0, 0.1) is 0 Å². The molecule has 2 unspecified atom stereocenters. The van der Waals surface area contributed by atoms with Gasteiger partial charge in [-0.15, -0.1) is 0 Å². The number of carbonyl (C=O) groups excluding carboxylic acids is 3. The minimum Gasteiger partial charge on any atom is -0.326 e. The first-order valence-corrected chi connectivity index (χ1v) is 12.5. The van der Waals surface area contributed by atoms with Crippen LogP contribution in [0.3, 0.4) is 0 Å². The Hall–Kier alpha value is -3.71. The average Bonchev–Trinajstić information content (AvgIpc) is 3.38. The summed E-state index contributed by atoms with van der Waals surface area (Å²) in [5, 5.41) is 6.52. The van der Waals surface area contributed by atoms with Crippen LogP contribution in [0.4, 0.5) is 11.5 Å². The van der Waals surface area contributed by atoms with Gasteiger partial charge in [0, 0.05) is 28.9 Å². The van der Waals surface area contributed by atoms with Crippen molar-refractivity contribution in [1.82, 2.24) is 9.88 Å². The second kappa shape index (κ2) is 8.75. The van der Waals surface area contributed by atoms with Crippen LogP contribution < -0.4 is 10.6 Å². The average molecular weight is 501 g/mol. The van der Waals surface area contributed by atoms with E-state index in [2.05, 4.69) is 15.6 Å². The van der Waals surface area contributed by atoms with Crippen LogP contribution in [-0.2, 0) is 32.6 Å². The van der Waals surface area contributed by atoms with Crippen LogP contribution in [0.1, 0.15) is 47.6 Å². The number of nitrogens with zero attached hydrogens (tertiary/aromatic N) is 2. The molecule has 2 aromatic carbocycles. The fourth-order valence-electron chi connectivity index (χ4n) is 5.85. The van der Waals surface area contributed by atoms with Gasteiger partial charge in [0.1, 0.15) is 12.4 Å². The number of likely N-dealkylation sites (tertiary alicyclic amines) is 1. The smallest absolute Gasteiger partial charge is 0.244 e. The highest BCUT2D eigenvalue weighted by atomic mass is 35.5. The van der Waals surface area contributed by atoms with E-state index in [1.807, 2.05) is 54.6 Å². The number of aromatic nitrogens is 1. The predicted octanol–water partition coefficient (Wildman–Crippen LogP) is 4.42. The van der Waals surface area contributed by atoms with Crippen molar-refractivity contribution in [3.63, 3.8) is 0 Å². The number of fused-ring (bicyclic) bond motifs is 3. The molecule has 0 bridgehead atoms. The lowest BCUT2D eigenvalue weighted by molar-refractivity contribution is -0.139. The monoisotopic (exact) mass is 500 g/mol. The summed E-state index contributed by atoms with van der Waals surface area (Å²) in [6, 6.07) is 16.9. The number of rotatable bonds is 4. The molecule has 1 aromatic heterocycles. The molecule has 6 rings (SSSR count). The number of amides is 3. The summed E-state index contributed by atoms with van der Waals surface area (Å²) in [7, 11) is 0. The van der Waals surface area contributed by atoms with Crippen LogP contribution in [0.5, 0.6) is 0 Å². The van der Waals surface area contributed by atoms with Crippen LogP contribution in [0.15, 0.2) is 60.8 Å². The normalized spacial score (nSPS) is 22.4. The van der Waals surface area contributed by atoms with E-state index >= 15 is 0 Å². The number of halogens is 1. The number of anilines is 2. The zero-order valence-corrected chi connectivity index (χ0v) is 20.3. The Labute approximate surface area is 213 Å². The molecule has 2 atom stereocenters. The highest BCUT2D eigenvalue weighted by Crippen LogP contribution is 2.47. The highest BCUT2D eigenvalue weighted by molar-refractivity contribution is 6.30. The summed E-state index contributed by atoms with van der Waals surface area (Å²) >= 11 is 6.03. The summed E-state index contributed by atoms with van der Waals surface area (Å²) in [5.74, 6) is 0.330. The molecule has 7 nitrogen and oxygen atoms in total. The maximum Gasteiger partial charge on any atom is 0.244 e. The lowest BCUT2D eigenvalue weighted by atomic mass is 9.79. The molecule has 0 saturated carbocycles. The van der Waals surface area contributed by atoms with Crippen molar-refractivity contribution in [2.45, 2.75) is 43.6 Å². The molecule has 1 spiro atoms. The summed E-state index contributed by atoms with van der Waals surface area (Å²) in [4.78, 5) is 44.7. The highest BCUT2D eigenvalue weighted by Gasteiger charge is 2.51. The molecule has 36 heavy (non-hydrogen) atoms. The van der Waals surface area contributed by atoms with Crippen molar-refractivity contribution in [3.8, 4) is 0 Å². The van der Waals surface area contributed by atoms with Gasteiger partial charge in [-0.1, -0.05) is 35.9 Å². The van der Waals surface area contributed by atoms with Gasteiger partial charge in [0.15, 0.2) is 0 Å². The minimum atomic E-state index is -0.652. The Balaban J connectivity index is 1.18. The van der Waals surface area contributed by atoms with Crippen molar-refractivity contribution in [1.29, 1.82) is 0 Å². The number of carbonyl (C=O) groups is 3. The Bertz CT molecular complexity index is 1390. The van der Waals surface area contributed by atoms with Crippen LogP contribution in [0.2, 0.25) is 5.02 Å². The van der Waals surface area contributed by atoms with Crippen molar-refractivity contribution >= 4 is 40.8 Å².